The number of aliphatic hydroxyl groups is 1. The van der Waals surface area contributed by atoms with Gasteiger partial charge in [-0.15, -0.1) is 0 Å². The molecular weight excluding hydrogens is 212 g/mol. The predicted octanol–water partition coefficient (Wildman–Crippen LogP) is 3.41. The Morgan fingerprint density at radius 3 is 2.71 bits per heavy atom. The van der Waals surface area contributed by atoms with Crippen LogP contribution in [0.1, 0.15) is 50.7 Å². The molecule has 0 radical (unpaired) electrons. The minimum Gasteiger partial charge on any atom is -0.485 e. The van der Waals surface area contributed by atoms with Gasteiger partial charge in [0, 0.05) is 0 Å². The van der Waals surface area contributed by atoms with Crippen LogP contribution in [0.4, 0.5) is 0 Å². The largest absolute Gasteiger partial charge is 0.485 e. The molecule has 0 saturated carbocycles. The van der Waals surface area contributed by atoms with E-state index in [0.717, 1.165) is 18.6 Å². The van der Waals surface area contributed by atoms with Crippen molar-refractivity contribution in [1.29, 1.82) is 0 Å². The maximum atomic E-state index is 10.1. The van der Waals surface area contributed by atoms with Gasteiger partial charge in [0.25, 0.3) is 0 Å². The standard InChI is InChI=1S/C15H22O2/c1-10-5-7-12-11(2)6-8-14(16)15(3,4)17-13(12)9-10/h5,7,9,11,14,16H,6,8H2,1-4H3/t11-,14+/m0/s1. The SMILES string of the molecule is Cc1ccc2c(c1)OC(C)(C)[C@H](O)CC[C@@H]2C. The van der Waals surface area contributed by atoms with Crippen LogP contribution in [-0.4, -0.2) is 16.8 Å². The average molecular weight is 234 g/mol. The van der Waals surface area contributed by atoms with Gasteiger partial charge in [-0.2, -0.15) is 0 Å². The van der Waals surface area contributed by atoms with E-state index in [1.54, 1.807) is 0 Å². The molecule has 1 aromatic carbocycles. The predicted molar refractivity (Wildman–Crippen MR) is 69.5 cm³/mol. The van der Waals surface area contributed by atoms with Crippen molar-refractivity contribution in [1.82, 2.24) is 0 Å². The van der Waals surface area contributed by atoms with E-state index in [0.29, 0.717) is 5.92 Å². The first kappa shape index (κ1) is 12.4. The summed E-state index contributed by atoms with van der Waals surface area (Å²) in [5.41, 5.74) is 1.94. The molecule has 1 N–H and O–H groups in total. The van der Waals surface area contributed by atoms with Gasteiger partial charge in [-0.05, 0) is 56.7 Å². The van der Waals surface area contributed by atoms with Crippen molar-refractivity contribution in [3.05, 3.63) is 29.3 Å². The molecule has 2 atom stereocenters. The van der Waals surface area contributed by atoms with Gasteiger partial charge in [0.1, 0.15) is 11.4 Å². The number of hydrogen-bond acceptors (Lipinski definition) is 2. The fourth-order valence-corrected chi connectivity index (χ4v) is 2.40. The molecule has 1 aromatic rings. The van der Waals surface area contributed by atoms with Crippen LogP contribution in [0.15, 0.2) is 18.2 Å². The Hall–Kier alpha value is -1.02. The minimum atomic E-state index is -0.511. The maximum absolute atomic E-state index is 10.1. The Labute approximate surface area is 104 Å². The fourth-order valence-electron chi connectivity index (χ4n) is 2.40. The van der Waals surface area contributed by atoms with Crippen LogP contribution < -0.4 is 4.74 Å². The zero-order valence-electron chi connectivity index (χ0n) is 11.2. The lowest BCUT2D eigenvalue weighted by Crippen LogP contribution is -2.43. The van der Waals surface area contributed by atoms with Crippen molar-refractivity contribution < 1.29 is 9.84 Å². The van der Waals surface area contributed by atoms with E-state index in [2.05, 4.69) is 32.0 Å². The van der Waals surface area contributed by atoms with Crippen LogP contribution in [0, 0.1) is 6.92 Å². The molecule has 94 valence electrons. The van der Waals surface area contributed by atoms with Gasteiger partial charge in [0.2, 0.25) is 0 Å². The van der Waals surface area contributed by atoms with E-state index in [9.17, 15) is 5.11 Å². The van der Waals surface area contributed by atoms with Gasteiger partial charge in [-0.25, -0.2) is 0 Å². The smallest absolute Gasteiger partial charge is 0.129 e. The third-order valence-corrected chi connectivity index (χ3v) is 3.75. The van der Waals surface area contributed by atoms with Crippen LogP contribution >= 0.6 is 0 Å². The summed E-state index contributed by atoms with van der Waals surface area (Å²) in [6, 6.07) is 6.36. The number of rotatable bonds is 0. The van der Waals surface area contributed by atoms with E-state index in [1.165, 1.54) is 11.1 Å². The molecule has 0 aromatic heterocycles. The first-order valence-electron chi connectivity index (χ1n) is 6.38. The first-order chi connectivity index (χ1) is 7.90. The Morgan fingerprint density at radius 1 is 1.29 bits per heavy atom. The van der Waals surface area contributed by atoms with Crippen LogP contribution in [-0.2, 0) is 0 Å². The van der Waals surface area contributed by atoms with E-state index < -0.39 is 11.7 Å². The second kappa shape index (κ2) is 4.34. The molecule has 17 heavy (non-hydrogen) atoms. The van der Waals surface area contributed by atoms with Crippen LogP contribution in [0.25, 0.3) is 0 Å². The normalized spacial score (nSPS) is 27.6. The molecule has 1 aliphatic heterocycles. The second-order valence-corrected chi connectivity index (χ2v) is 5.74. The molecule has 2 rings (SSSR count). The lowest BCUT2D eigenvalue weighted by molar-refractivity contribution is -0.0380. The van der Waals surface area contributed by atoms with Crippen molar-refractivity contribution in [2.24, 2.45) is 0 Å². The average Bonchev–Trinajstić information content (AvgIpc) is 2.23. The van der Waals surface area contributed by atoms with Crippen molar-refractivity contribution in [2.45, 2.75) is 58.2 Å². The summed E-state index contributed by atoms with van der Waals surface area (Å²) in [6.45, 7) is 8.18. The number of aryl methyl sites for hydroxylation is 1. The highest BCUT2D eigenvalue weighted by Crippen LogP contribution is 2.37. The summed E-state index contributed by atoms with van der Waals surface area (Å²) in [7, 11) is 0. The number of ether oxygens (including phenoxy) is 1. The van der Waals surface area contributed by atoms with Crippen molar-refractivity contribution in [3.8, 4) is 5.75 Å². The van der Waals surface area contributed by atoms with Gasteiger partial charge >= 0.3 is 0 Å². The highest BCUT2D eigenvalue weighted by atomic mass is 16.5. The second-order valence-electron chi connectivity index (χ2n) is 5.74. The number of hydrogen-bond donors (Lipinski definition) is 1. The van der Waals surface area contributed by atoms with Crippen molar-refractivity contribution >= 4 is 0 Å². The topological polar surface area (TPSA) is 29.5 Å². The molecule has 1 heterocycles. The molecule has 2 heteroatoms. The zero-order valence-corrected chi connectivity index (χ0v) is 11.2. The molecular formula is C15H22O2. The van der Waals surface area contributed by atoms with Gasteiger partial charge in [-0.3, -0.25) is 0 Å². The Kier molecular flexibility index (Phi) is 3.17. The Balaban J connectivity index is 2.44. The van der Waals surface area contributed by atoms with Crippen LogP contribution in [0.3, 0.4) is 0 Å². The molecule has 1 aliphatic rings. The minimum absolute atomic E-state index is 0.404. The van der Waals surface area contributed by atoms with Gasteiger partial charge in [0.05, 0.1) is 6.10 Å². The Morgan fingerprint density at radius 2 is 2.00 bits per heavy atom. The number of fused-ring (bicyclic) bond motifs is 1. The highest BCUT2D eigenvalue weighted by Gasteiger charge is 2.33. The van der Waals surface area contributed by atoms with E-state index in [-0.39, 0.29) is 0 Å². The summed E-state index contributed by atoms with van der Waals surface area (Å²) >= 11 is 0. The third kappa shape index (κ3) is 2.47. The molecule has 0 bridgehead atoms. The maximum Gasteiger partial charge on any atom is 0.129 e. The van der Waals surface area contributed by atoms with E-state index in [4.69, 9.17) is 4.74 Å². The molecule has 0 fully saturated rings. The van der Waals surface area contributed by atoms with Gasteiger partial charge < -0.3 is 9.84 Å². The molecule has 0 saturated heterocycles. The van der Waals surface area contributed by atoms with Gasteiger partial charge in [-0.1, -0.05) is 19.1 Å². The number of benzene rings is 1. The van der Waals surface area contributed by atoms with Crippen molar-refractivity contribution in [3.63, 3.8) is 0 Å². The Bertz CT molecular complexity index is 409. The number of aliphatic hydroxyl groups excluding tert-OH is 1. The molecule has 0 spiro atoms. The summed E-state index contributed by atoms with van der Waals surface area (Å²) < 4.78 is 6.04. The van der Waals surface area contributed by atoms with E-state index in [1.807, 2.05) is 13.8 Å². The fraction of sp³-hybridized carbons (Fsp3) is 0.600. The molecule has 0 aliphatic carbocycles. The lowest BCUT2D eigenvalue weighted by atomic mass is 9.87. The zero-order chi connectivity index (χ0) is 12.6. The molecule has 2 nitrogen and oxygen atoms in total. The summed E-state index contributed by atoms with van der Waals surface area (Å²) in [5.74, 6) is 1.37. The summed E-state index contributed by atoms with van der Waals surface area (Å²) in [6.07, 6.45) is 1.39. The first-order valence-corrected chi connectivity index (χ1v) is 6.38. The van der Waals surface area contributed by atoms with E-state index >= 15 is 0 Å². The molecule has 0 unspecified atom stereocenters. The van der Waals surface area contributed by atoms with Crippen LogP contribution in [0.2, 0.25) is 0 Å². The van der Waals surface area contributed by atoms with Crippen molar-refractivity contribution in [2.75, 3.05) is 0 Å². The molecule has 0 amide bonds. The third-order valence-electron chi connectivity index (χ3n) is 3.75. The summed E-state index contributed by atoms with van der Waals surface area (Å²) in [4.78, 5) is 0. The summed E-state index contributed by atoms with van der Waals surface area (Å²) in [5, 5.41) is 10.1. The highest BCUT2D eigenvalue weighted by molar-refractivity contribution is 5.40. The monoisotopic (exact) mass is 234 g/mol. The van der Waals surface area contributed by atoms with Gasteiger partial charge in [0.15, 0.2) is 0 Å². The quantitative estimate of drug-likeness (QED) is 0.745. The van der Waals surface area contributed by atoms with Crippen LogP contribution in [0.5, 0.6) is 5.75 Å². The lowest BCUT2D eigenvalue weighted by Gasteiger charge is -2.36.